The number of rotatable bonds is 5. The summed E-state index contributed by atoms with van der Waals surface area (Å²) >= 11 is 0. The van der Waals surface area contributed by atoms with Crippen LogP contribution in [-0.4, -0.2) is 29.1 Å². The molecule has 0 bridgehead atoms. The van der Waals surface area contributed by atoms with Gasteiger partial charge in [-0.3, -0.25) is 9.88 Å². The van der Waals surface area contributed by atoms with Crippen molar-refractivity contribution in [2.75, 3.05) is 13.1 Å². The van der Waals surface area contributed by atoms with Crippen LogP contribution in [0.2, 0.25) is 0 Å². The van der Waals surface area contributed by atoms with Crippen molar-refractivity contribution < 1.29 is 9.13 Å². The lowest BCUT2D eigenvalue weighted by atomic mass is 10.0. The standard InChI is InChI=1S/C28H27FN2O/c1-20-16-28(32-25-12-14-31(15-13-25)19-21-6-3-2-4-7-21)26-18-23(10-11-27(26)30-20)22-8-5-9-24(29)17-22/h2-11,16-18,25H,12-15,19H2,1H3. The number of fused-ring (bicyclic) bond motifs is 1. The number of ether oxygens (including phenoxy) is 1. The van der Waals surface area contributed by atoms with Crippen LogP contribution in [0.5, 0.6) is 5.75 Å². The van der Waals surface area contributed by atoms with Crippen molar-refractivity contribution in [2.45, 2.75) is 32.4 Å². The number of nitrogens with zero attached hydrogens (tertiary/aromatic N) is 2. The summed E-state index contributed by atoms with van der Waals surface area (Å²) < 4.78 is 20.3. The molecule has 0 atom stereocenters. The van der Waals surface area contributed by atoms with Crippen LogP contribution in [0.25, 0.3) is 22.0 Å². The molecule has 3 aromatic carbocycles. The maximum atomic E-state index is 13.7. The van der Waals surface area contributed by atoms with Crippen molar-refractivity contribution in [3.05, 3.63) is 95.9 Å². The largest absolute Gasteiger partial charge is 0.490 e. The highest BCUT2D eigenvalue weighted by Gasteiger charge is 2.21. The summed E-state index contributed by atoms with van der Waals surface area (Å²) in [5, 5.41) is 0.976. The van der Waals surface area contributed by atoms with Crippen LogP contribution in [0, 0.1) is 12.7 Å². The SMILES string of the molecule is Cc1cc(OC2CCN(Cc3ccccc3)CC2)c2cc(-c3cccc(F)c3)ccc2n1. The Labute approximate surface area is 188 Å². The van der Waals surface area contributed by atoms with Gasteiger partial charge < -0.3 is 4.74 Å². The summed E-state index contributed by atoms with van der Waals surface area (Å²) in [7, 11) is 0. The first kappa shape index (κ1) is 20.7. The molecule has 5 rings (SSSR count). The first-order chi connectivity index (χ1) is 15.6. The van der Waals surface area contributed by atoms with Gasteiger partial charge in [-0.15, -0.1) is 0 Å². The molecule has 3 nitrogen and oxygen atoms in total. The van der Waals surface area contributed by atoms with Crippen LogP contribution in [-0.2, 0) is 6.54 Å². The number of piperidine rings is 1. The molecule has 0 spiro atoms. The van der Waals surface area contributed by atoms with Gasteiger partial charge in [0.2, 0.25) is 0 Å². The van der Waals surface area contributed by atoms with Crippen molar-refractivity contribution in [1.29, 1.82) is 0 Å². The van der Waals surface area contributed by atoms with Crippen LogP contribution >= 0.6 is 0 Å². The number of pyridine rings is 1. The van der Waals surface area contributed by atoms with Crippen molar-refractivity contribution in [1.82, 2.24) is 9.88 Å². The third-order valence-corrected chi connectivity index (χ3v) is 6.13. The fraction of sp³-hybridized carbons (Fsp3) is 0.250. The Bertz CT molecular complexity index is 1220. The lowest BCUT2D eigenvalue weighted by Gasteiger charge is -2.32. The molecule has 0 radical (unpaired) electrons. The van der Waals surface area contributed by atoms with Gasteiger partial charge in [-0.2, -0.15) is 0 Å². The van der Waals surface area contributed by atoms with Crippen molar-refractivity contribution in [2.24, 2.45) is 0 Å². The van der Waals surface area contributed by atoms with Gasteiger partial charge in [0.25, 0.3) is 0 Å². The number of aromatic nitrogens is 1. The number of benzene rings is 3. The van der Waals surface area contributed by atoms with Gasteiger partial charge in [0, 0.05) is 36.8 Å². The molecule has 1 fully saturated rings. The molecule has 1 aromatic heterocycles. The highest BCUT2D eigenvalue weighted by atomic mass is 19.1. The van der Waals surface area contributed by atoms with Crippen molar-refractivity contribution in [3.63, 3.8) is 0 Å². The van der Waals surface area contributed by atoms with E-state index in [1.54, 1.807) is 12.1 Å². The van der Waals surface area contributed by atoms with Gasteiger partial charge in [0.05, 0.1) is 5.52 Å². The molecule has 0 amide bonds. The molecule has 32 heavy (non-hydrogen) atoms. The van der Waals surface area contributed by atoms with Gasteiger partial charge in [-0.1, -0.05) is 48.5 Å². The third-order valence-electron chi connectivity index (χ3n) is 6.13. The zero-order valence-corrected chi connectivity index (χ0v) is 18.3. The van der Waals surface area contributed by atoms with E-state index in [-0.39, 0.29) is 11.9 Å². The van der Waals surface area contributed by atoms with E-state index in [1.165, 1.54) is 11.6 Å². The van der Waals surface area contributed by atoms with E-state index in [0.717, 1.165) is 65.9 Å². The molecule has 0 aliphatic carbocycles. The number of hydrogen-bond donors (Lipinski definition) is 0. The van der Waals surface area contributed by atoms with Crippen LogP contribution in [0.4, 0.5) is 4.39 Å². The minimum atomic E-state index is -0.233. The van der Waals surface area contributed by atoms with E-state index >= 15 is 0 Å². The van der Waals surface area contributed by atoms with E-state index in [4.69, 9.17) is 4.74 Å². The maximum Gasteiger partial charge on any atom is 0.130 e. The monoisotopic (exact) mass is 426 g/mol. The van der Waals surface area contributed by atoms with Crippen LogP contribution in [0.3, 0.4) is 0 Å². The van der Waals surface area contributed by atoms with Crippen LogP contribution < -0.4 is 4.74 Å². The van der Waals surface area contributed by atoms with Crippen LogP contribution in [0.15, 0.2) is 78.9 Å². The maximum absolute atomic E-state index is 13.7. The summed E-state index contributed by atoms with van der Waals surface area (Å²) in [6, 6.07) is 25.4. The Balaban J connectivity index is 1.34. The molecule has 162 valence electrons. The average molecular weight is 427 g/mol. The van der Waals surface area contributed by atoms with Gasteiger partial charge in [-0.25, -0.2) is 4.39 Å². The van der Waals surface area contributed by atoms with E-state index < -0.39 is 0 Å². The summed E-state index contributed by atoms with van der Waals surface area (Å²) in [5.41, 5.74) is 5.01. The molecule has 1 saturated heterocycles. The van der Waals surface area contributed by atoms with Gasteiger partial charge >= 0.3 is 0 Å². The zero-order valence-electron chi connectivity index (χ0n) is 18.3. The van der Waals surface area contributed by atoms with Crippen molar-refractivity contribution >= 4 is 10.9 Å². The Morgan fingerprint density at radius 1 is 0.906 bits per heavy atom. The van der Waals surface area contributed by atoms with Crippen LogP contribution in [0.1, 0.15) is 24.1 Å². The summed E-state index contributed by atoms with van der Waals surface area (Å²) in [6.45, 7) is 5.03. The Hall–Kier alpha value is -3.24. The quantitative estimate of drug-likeness (QED) is 0.370. The number of hydrogen-bond acceptors (Lipinski definition) is 3. The number of aryl methyl sites for hydroxylation is 1. The Morgan fingerprint density at radius 3 is 2.47 bits per heavy atom. The molecule has 4 heteroatoms. The molecule has 1 aliphatic rings. The zero-order chi connectivity index (χ0) is 21.9. The molecular formula is C28H27FN2O. The minimum absolute atomic E-state index is 0.185. The van der Waals surface area contributed by atoms with E-state index in [1.807, 2.05) is 31.2 Å². The second-order valence-electron chi connectivity index (χ2n) is 8.58. The summed E-state index contributed by atoms with van der Waals surface area (Å²) in [6.07, 6.45) is 2.18. The van der Waals surface area contributed by atoms with Gasteiger partial charge in [-0.05, 0) is 60.7 Å². The second-order valence-corrected chi connectivity index (χ2v) is 8.58. The molecule has 1 aliphatic heterocycles. The topological polar surface area (TPSA) is 25.4 Å². The van der Waals surface area contributed by atoms with Crippen molar-refractivity contribution in [3.8, 4) is 16.9 Å². The molecule has 0 N–H and O–H groups in total. The van der Waals surface area contributed by atoms with Gasteiger partial charge in [0.1, 0.15) is 17.7 Å². The Kier molecular flexibility index (Phi) is 5.87. The smallest absolute Gasteiger partial charge is 0.130 e. The molecule has 0 unspecified atom stereocenters. The summed E-state index contributed by atoms with van der Waals surface area (Å²) in [4.78, 5) is 7.17. The highest BCUT2D eigenvalue weighted by molar-refractivity contribution is 5.89. The lowest BCUT2D eigenvalue weighted by Crippen LogP contribution is -2.37. The average Bonchev–Trinajstić information content (AvgIpc) is 2.81. The fourth-order valence-corrected chi connectivity index (χ4v) is 4.47. The normalized spacial score (nSPS) is 15.2. The van der Waals surface area contributed by atoms with E-state index in [9.17, 15) is 4.39 Å². The van der Waals surface area contributed by atoms with E-state index in [0.29, 0.717) is 0 Å². The predicted octanol–water partition coefficient (Wildman–Crippen LogP) is 6.39. The molecular weight excluding hydrogens is 399 g/mol. The third kappa shape index (κ3) is 4.66. The fourth-order valence-electron chi connectivity index (χ4n) is 4.47. The number of halogens is 1. The lowest BCUT2D eigenvalue weighted by molar-refractivity contribution is 0.0979. The second kappa shape index (κ2) is 9.09. The summed E-state index contributed by atoms with van der Waals surface area (Å²) in [5.74, 6) is 0.635. The molecule has 0 saturated carbocycles. The number of likely N-dealkylation sites (tertiary alicyclic amines) is 1. The first-order valence-electron chi connectivity index (χ1n) is 11.2. The van der Waals surface area contributed by atoms with Gasteiger partial charge in [0.15, 0.2) is 0 Å². The first-order valence-corrected chi connectivity index (χ1v) is 11.2. The molecule has 2 heterocycles. The highest BCUT2D eigenvalue weighted by Crippen LogP contribution is 2.32. The molecule has 4 aromatic rings. The minimum Gasteiger partial charge on any atom is -0.490 e. The predicted molar refractivity (Wildman–Crippen MR) is 127 cm³/mol. The Morgan fingerprint density at radius 2 is 1.69 bits per heavy atom. The van der Waals surface area contributed by atoms with E-state index in [2.05, 4.69) is 46.3 Å².